The van der Waals surface area contributed by atoms with Crippen LogP contribution in [0.1, 0.15) is 42.5 Å². The summed E-state index contributed by atoms with van der Waals surface area (Å²) in [5, 5.41) is 3.35. The van der Waals surface area contributed by atoms with Crippen molar-refractivity contribution in [3.8, 4) is 5.75 Å². The van der Waals surface area contributed by atoms with Gasteiger partial charge in [-0.1, -0.05) is 56.3 Å². The Hall–Kier alpha value is -1.80. The molecule has 0 aliphatic rings. The lowest BCUT2D eigenvalue weighted by atomic mass is 10.0. The van der Waals surface area contributed by atoms with E-state index in [0.717, 1.165) is 5.75 Å². The van der Waals surface area contributed by atoms with Crippen molar-refractivity contribution in [2.24, 2.45) is 0 Å². The first-order valence-electron chi connectivity index (χ1n) is 7.58. The molecule has 0 aliphatic carbocycles. The largest absolute Gasteiger partial charge is 0.491 e. The van der Waals surface area contributed by atoms with Crippen molar-refractivity contribution >= 4 is 0 Å². The number of aryl methyl sites for hydroxylation is 1. The van der Waals surface area contributed by atoms with Crippen LogP contribution in [0, 0.1) is 6.92 Å². The molecular formula is C19H25NO. The summed E-state index contributed by atoms with van der Waals surface area (Å²) in [6.07, 6.45) is 0. The summed E-state index contributed by atoms with van der Waals surface area (Å²) >= 11 is 0. The molecule has 1 atom stereocenters. The summed E-state index contributed by atoms with van der Waals surface area (Å²) in [6.45, 7) is 7.16. The van der Waals surface area contributed by atoms with Crippen LogP contribution in [0.3, 0.4) is 0 Å². The van der Waals surface area contributed by atoms with Crippen molar-refractivity contribution in [1.29, 1.82) is 0 Å². The van der Waals surface area contributed by atoms with Gasteiger partial charge in [0, 0.05) is 0 Å². The van der Waals surface area contributed by atoms with E-state index < -0.39 is 0 Å². The van der Waals surface area contributed by atoms with E-state index in [9.17, 15) is 0 Å². The number of likely N-dealkylation sites (N-methyl/N-ethyl adjacent to an activating group) is 1. The molecule has 21 heavy (non-hydrogen) atoms. The number of para-hydroxylation sites is 1. The van der Waals surface area contributed by atoms with Gasteiger partial charge in [0.1, 0.15) is 12.4 Å². The predicted octanol–water partition coefficient (Wildman–Crippen LogP) is 4.46. The second kappa shape index (κ2) is 7.28. The first kappa shape index (κ1) is 15.6. The molecule has 1 N–H and O–H groups in total. The number of hydrogen-bond acceptors (Lipinski definition) is 2. The van der Waals surface area contributed by atoms with Gasteiger partial charge in [-0.2, -0.15) is 0 Å². The maximum atomic E-state index is 6.10. The first-order chi connectivity index (χ1) is 10.1. The van der Waals surface area contributed by atoms with Crippen molar-refractivity contribution < 1.29 is 4.74 Å². The molecule has 1 unspecified atom stereocenters. The lowest BCUT2D eigenvalue weighted by Gasteiger charge is -2.21. The summed E-state index contributed by atoms with van der Waals surface area (Å²) in [4.78, 5) is 0. The molecule has 0 aromatic heterocycles. The summed E-state index contributed by atoms with van der Waals surface area (Å²) in [6, 6.07) is 16.9. The van der Waals surface area contributed by atoms with Gasteiger partial charge in [-0.25, -0.2) is 0 Å². The Morgan fingerprint density at radius 3 is 2.19 bits per heavy atom. The number of ether oxygens (including phenoxy) is 1. The molecular weight excluding hydrogens is 258 g/mol. The van der Waals surface area contributed by atoms with Gasteiger partial charge >= 0.3 is 0 Å². The van der Waals surface area contributed by atoms with Crippen LogP contribution >= 0.6 is 0 Å². The van der Waals surface area contributed by atoms with Crippen LogP contribution in [0.5, 0.6) is 5.75 Å². The zero-order valence-electron chi connectivity index (χ0n) is 13.4. The van der Waals surface area contributed by atoms with Crippen molar-refractivity contribution in [3.63, 3.8) is 0 Å². The molecule has 2 aromatic carbocycles. The van der Waals surface area contributed by atoms with Crippen molar-refractivity contribution in [2.45, 2.75) is 32.7 Å². The average Bonchev–Trinajstić information content (AvgIpc) is 2.49. The van der Waals surface area contributed by atoms with Gasteiger partial charge in [0.15, 0.2) is 0 Å². The standard InChI is InChI=1S/C19H25NO/c1-14(2)16-10-7-8-12-19(16)21-13-18(20-4)17-11-6-5-9-15(17)3/h5-12,14,18,20H,13H2,1-4H3. The molecule has 2 heteroatoms. The highest BCUT2D eigenvalue weighted by Crippen LogP contribution is 2.27. The monoisotopic (exact) mass is 283 g/mol. The van der Waals surface area contributed by atoms with E-state index in [1.807, 2.05) is 13.1 Å². The summed E-state index contributed by atoms with van der Waals surface area (Å²) < 4.78 is 6.10. The minimum atomic E-state index is 0.200. The van der Waals surface area contributed by atoms with Crippen molar-refractivity contribution in [2.75, 3.05) is 13.7 Å². The number of nitrogens with one attached hydrogen (secondary N) is 1. The van der Waals surface area contributed by atoms with E-state index in [1.54, 1.807) is 0 Å². The summed E-state index contributed by atoms with van der Waals surface area (Å²) in [7, 11) is 1.98. The van der Waals surface area contributed by atoms with E-state index in [4.69, 9.17) is 4.74 Å². The van der Waals surface area contributed by atoms with E-state index >= 15 is 0 Å². The van der Waals surface area contributed by atoms with Crippen LogP contribution in [0.2, 0.25) is 0 Å². The van der Waals surface area contributed by atoms with Gasteiger partial charge in [-0.05, 0) is 42.6 Å². The normalized spacial score (nSPS) is 12.4. The molecule has 0 heterocycles. The van der Waals surface area contributed by atoms with Crippen LogP contribution in [0.25, 0.3) is 0 Å². The Bertz CT molecular complexity index is 577. The molecule has 0 saturated heterocycles. The van der Waals surface area contributed by atoms with Gasteiger partial charge in [-0.15, -0.1) is 0 Å². The van der Waals surface area contributed by atoms with E-state index in [-0.39, 0.29) is 6.04 Å². The van der Waals surface area contributed by atoms with Crippen molar-refractivity contribution in [1.82, 2.24) is 5.32 Å². The van der Waals surface area contributed by atoms with Gasteiger partial charge in [0.05, 0.1) is 6.04 Å². The van der Waals surface area contributed by atoms with Crippen LogP contribution in [-0.2, 0) is 0 Å². The quantitative estimate of drug-likeness (QED) is 0.845. The smallest absolute Gasteiger partial charge is 0.122 e. The maximum Gasteiger partial charge on any atom is 0.122 e. The summed E-state index contributed by atoms with van der Waals surface area (Å²) in [5.41, 5.74) is 3.84. The van der Waals surface area contributed by atoms with Crippen LogP contribution < -0.4 is 10.1 Å². The van der Waals surface area contributed by atoms with Gasteiger partial charge in [-0.3, -0.25) is 0 Å². The average molecular weight is 283 g/mol. The van der Waals surface area contributed by atoms with Crippen LogP contribution in [-0.4, -0.2) is 13.7 Å². The highest BCUT2D eigenvalue weighted by Gasteiger charge is 2.14. The maximum absolute atomic E-state index is 6.10. The molecule has 112 valence electrons. The Balaban J connectivity index is 2.13. The lowest BCUT2D eigenvalue weighted by Crippen LogP contribution is -2.24. The third kappa shape index (κ3) is 3.85. The third-order valence-corrected chi connectivity index (χ3v) is 3.86. The van der Waals surface area contributed by atoms with Gasteiger partial charge in [0.2, 0.25) is 0 Å². The van der Waals surface area contributed by atoms with E-state index in [0.29, 0.717) is 12.5 Å². The van der Waals surface area contributed by atoms with Gasteiger partial charge in [0.25, 0.3) is 0 Å². The fraction of sp³-hybridized carbons (Fsp3) is 0.368. The van der Waals surface area contributed by atoms with Gasteiger partial charge < -0.3 is 10.1 Å². The molecule has 0 radical (unpaired) electrons. The molecule has 2 aromatic rings. The molecule has 0 spiro atoms. The first-order valence-corrected chi connectivity index (χ1v) is 7.58. The minimum Gasteiger partial charge on any atom is -0.491 e. The topological polar surface area (TPSA) is 21.3 Å². The number of hydrogen-bond donors (Lipinski definition) is 1. The zero-order valence-corrected chi connectivity index (χ0v) is 13.4. The number of rotatable bonds is 6. The highest BCUT2D eigenvalue weighted by atomic mass is 16.5. The molecule has 0 aliphatic heterocycles. The highest BCUT2D eigenvalue weighted by molar-refractivity contribution is 5.36. The SMILES string of the molecule is CNC(COc1ccccc1C(C)C)c1ccccc1C. The lowest BCUT2D eigenvalue weighted by molar-refractivity contribution is 0.269. The summed E-state index contributed by atoms with van der Waals surface area (Å²) in [5.74, 6) is 1.45. The minimum absolute atomic E-state index is 0.200. The second-order valence-electron chi connectivity index (χ2n) is 5.70. The number of benzene rings is 2. The predicted molar refractivity (Wildman–Crippen MR) is 89.0 cm³/mol. The Labute approximate surface area is 128 Å². The Kier molecular flexibility index (Phi) is 5.40. The molecule has 2 nitrogen and oxygen atoms in total. The van der Waals surface area contributed by atoms with Crippen molar-refractivity contribution in [3.05, 3.63) is 65.2 Å². The molecule has 0 saturated carbocycles. The van der Waals surface area contributed by atoms with Crippen LogP contribution in [0.15, 0.2) is 48.5 Å². The fourth-order valence-corrected chi connectivity index (χ4v) is 2.57. The second-order valence-corrected chi connectivity index (χ2v) is 5.70. The molecule has 0 amide bonds. The zero-order chi connectivity index (χ0) is 15.2. The molecule has 0 fully saturated rings. The Morgan fingerprint density at radius 2 is 1.57 bits per heavy atom. The Morgan fingerprint density at radius 1 is 0.952 bits per heavy atom. The third-order valence-electron chi connectivity index (χ3n) is 3.86. The van der Waals surface area contributed by atoms with E-state index in [2.05, 4.69) is 68.6 Å². The fourth-order valence-electron chi connectivity index (χ4n) is 2.57. The molecule has 2 rings (SSSR count). The van der Waals surface area contributed by atoms with Crippen LogP contribution in [0.4, 0.5) is 0 Å². The molecule has 0 bridgehead atoms. The van der Waals surface area contributed by atoms with E-state index in [1.165, 1.54) is 16.7 Å².